The molecule has 0 aliphatic carbocycles. The van der Waals surface area contributed by atoms with Gasteiger partial charge in [0.15, 0.2) is 0 Å². The van der Waals surface area contributed by atoms with Crippen molar-refractivity contribution in [3.8, 4) is 0 Å². The minimum atomic E-state index is -4.42. The fourth-order valence-electron chi connectivity index (χ4n) is 4.20. The van der Waals surface area contributed by atoms with Crippen LogP contribution in [0.2, 0.25) is 0 Å². The Hall–Kier alpha value is -1.46. The summed E-state index contributed by atoms with van der Waals surface area (Å²) in [6, 6.07) is 11.9. The average Bonchev–Trinajstić information content (AvgIpc) is 3.78. The number of fused-ring (bicyclic) bond motifs is 2. The Balaban J connectivity index is 0.000000418. The molecule has 0 saturated heterocycles. The number of amides is 1. The summed E-state index contributed by atoms with van der Waals surface area (Å²) >= 11 is 9.54. The molecule has 4 aromatic heterocycles. The summed E-state index contributed by atoms with van der Waals surface area (Å²) in [6.07, 6.45) is -3.35. The van der Waals surface area contributed by atoms with Crippen molar-refractivity contribution in [2.75, 3.05) is 0 Å². The van der Waals surface area contributed by atoms with E-state index in [4.69, 9.17) is 10.8 Å². The van der Waals surface area contributed by atoms with Gasteiger partial charge in [-0.3, -0.25) is 4.79 Å². The van der Waals surface area contributed by atoms with Gasteiger partial charge in [-0.15, -0.1) is 24.0 Å². The van der Waals surface area contributed by atoms with E-state index in [0.717, 1.165) is 17.7 Å². The molecule has 4 heterocycles. The maximum Gasteiger partial charge on any atom is 0.431 e. The number of nitrogens with two attached hydrogens (primary N) is 1. The van der Waals surface area contributed by atoms with Crippen molar-refractivity contribution in [1.29, 1.82) is 0 Å². The molecule has 0 saturated carbocycles. The number of nitrogens with zero attached hydrogens (tertiary/aromatic N) is 4. The Morgan fingerprint density at radius 2 is 1.13 bits per heavy atom. The van der Waals surface area contributed by atoms with Crippen molar-refractivity contribution in [2.45, 2.75) is 39.3 Å². The van der Waals surface area contributed by atoms with Gasteiger partial charge in [-0.2, -0.15) is 26.3 Å². The first kappa shape index (κ1) is 51.6. The third kappa shape index (κ3) is 17.5. The van der Waals surface area contributed by atoms with Gasteiger partial charge in [0.2, 0.25) is 0 Å². The molecule has 0 spiro atoms. The molecule has 2 aromatic carbocycles. The summed E-state index contributed by atoms with van der Waals surface area (Å²) in [5, 5.41) is 12.1. The summed E-state index contributed by atoms with van der Waals surface area (Å²) in [6.45, 7) is 3.92. The van der Waals surface area contributed by atoms with E-state index in [1.165, 1.54) is 24.8 Å². The standard InChI is InChI=1S/C16H13F3N4O.C10H9F3N2.C6H6N2O2.I3.I2.HI/c1-9-20-7-12(8-21-9)15(24)22-6-10-2-3-13-11(4-10)5-14(23-13)16(17,18)19;11-10(12,13)9-4-7-3-6(5-14)1-2-8(7)15-9;1-4-7-2-5(3-8-4)6(9)10;1-3-2;1-2;/h2-5,7-8,23H,6H2,1H3,(H,22,24);1-4,15H,5,14H2;2-3H,1H3,(H,9,10);;;1H/q;;;-1;;. The summed E-state index contributed by atoms with van der Waals surface area (Å²) in [5.74, 6) is -0.213. The molecule has 0 atom stereocenters. The Morgan fingerprint density at radius 1 is 0.745 bits per heavy atom. The number of carboxylic acid groups (broad SMARTS) is 1. The minimum Gasteiger partial charge on any atom is -0.351 e. The maximum atomic E-state index is 12.7. The number of benzene rings is 2. The van der Waals surface area contributed by atoms with Crippen molar-refractivity contribution in [3.05, 3.63) is 119 Å². The van der Waals surface area contributed by atoms with Crippen LogP contribution in [0.1, 0.15) is 54.9 Å². The fourth-order valence-corrected chi connectivity index (χ4v) is 4.20. The number of aromatic amines is 2. The first-order valence-corrected chi connectivity index (χ1v) is 33.5. The van der Waals surface area contributed by atoms with E-state index in [1.54, 1.807) is 50.2 Å². The first-order valence-electron chi connectivity index (χ1n) is 14.6. The van der Waals surface area contributed by atoms with Crippen molar-refractivity contribution in [3.63, 3.8) is 0 Å². The van der Waals surface area contributed by atoms with Gasteiger partial charge in [-0.25, -0.2) is 24.7 Å². The quantitative estimate of drug-likeness (QED) is 0.0871. The van der Waals surface area contributed by atoms with Crippen molar-refractivity contribution < 1.29 is 54.3 Å². The second-order valence-electron chi connectivity index (χ2n) is 10.5. The van der Waals surface area contributed by atoms with Gasteiger partial charge in [-0.1, -0.05) is 12.1 Å². The van der Waals surface area contributed by atoms with Gasteiger partial charge in [-0.05, 0) is 61.4 Å². The normalized spacial score (nSPS) is 10.6. The molecule has 55 heavy (non-hydrogen) atoms. The molecule has 0 radical (unpaired) electrons. The predicted molar refractivity (Wildman–Crippen MR) is 238 cm³/mol. The van der Waals surface area contributed by atoms with Gasteiger partial charge < -0.3 is 26.1 Å². The number of hydrogen-bond acceptors (Lipinski definition) is 7. The molecule has 0 aliphatic heterocycles. The van der Waals surface area contributed by atoms with Gasteiger partial charge in [0.05, 0.1) is 11.1 Å². The molecular formula is C32H29F6I6N8O3-. The molecule has 6 N–H and O–H groups in total. The number of carbonyl (C=O) groups is 2. The smallest absolute Gasteiger partial charge is 0.351 e. The van der Waals surface area contributed by atoms with Crippen LogP contribution in [-0.2, 0) is 25.4 Å². The van der Waals surface area contributed by atoms with Crippen LogP contribution < -0.4 is 24.3 Å². The number of carbonyl (C=O) groups excluding carboxylic acids is 1. The van der Waals surface area contributed by atoms with Crippen LogP contribution in [0, 0.1) is 13.8 Å². The van der Waals surface area contributed by atoms with E-state index >= 15 is 0 Å². The number of rotatable bonds is 5. The van der Waals surface area contributed by atoms with Crippen LogP contribution in [-0.4, -0.2) is 46.9 Å². The number of halogens is 12. The van der Waals surface area contributed by atoms with Crippen LogP contribution in [0.25, 0.3) is 21.8 Å². The molecule has 0 unspecified atom stereocenters. The van der Waals surface area contributed by atoms with Crippen LogP contribution in [0.15, 0.2) is 73.3 Å². The Morgan fingerprint density at radius 3 is 1.51 bits per heavy atom. The zero-order valence-corrected chi connectivity index (χ0v) is 41.2. The number of aromatic carboxylic acids is 1. The van der Waals surface area contributed by atoms with Crippen molar-refractivity contribution >= 4 is 132 Å². The second kappa shape index (κ2) is 25.1. The molecule has 300 valence electrons. The van der Waals surface area contributed by atoms with Crippen molar-refractivity contribution in [1.82, 2.24) is 35.2 Å². The molecular weight excluding hydrogens is 1420 g/mol. The topological polar surface area (TPSA) is 176 Å². The number of H-pyrrole nitrogens is 2. The molecule has 0 bridgehead atoms. The van der Waals surface area contributed by atoms with Gasteiger partial charge >= 0.3 is 68.8 Å². The van der Waals surface area contributed by atoms with Crippen LogP contribution in [0.4, 0.5) is 26.3 Å². The minimum absolute atomic E-state index is 0. The summed E-state index contributed by atoms with van der Waals surface area (Å²) < 4.78 is 75.1. The number of aromatic nitrogens is 6. The molecule has 23 heteroatoms. The third-order valence-electron chi connectivity index (χ3n) is 6.74. The molecule has 6 rings (SSSR count). The summed E-state index contributed by atoms with van der Waals surface area (Å²) in [5.41, 5.74) is 6.68. The van der Waals surface area contributed by atoms with Gasteiger partial charge in [0, 0.05) is 96.9 Å². The van der Waals surface area contributed by atoms with Gasteiger partial charge in [0.25, 0.3) is 5.91 Å². The largest absolute Gasteiger partial charge is 0.431 e. The second-order valence-corrected chi connectivity index (χ2v) is 26.7. The van der Waals surface area contributed by atoms with Crippen LogP contribution in [0.5, 0.6) is 0 Å². The fraction of sp³-hybridized carbons (Fsp3) is 0.188. The number of aryl methyl sites for hydroxylation is 2. The summed E-state index contributed by atoms with van der Waals surface area (Å²) in [4.78, 5) is 42.2. The monoisotopic (exact) mass is 1450 g/mol. The average molecular weight is 1450 g/mol. The Labute approximate surface area is 380 Å². The molecule has 11 nitrogen and oxygen atoms in total. The van der Waals surface area contributed by atoms with E-state index < -0.39 is 29.7 Å². The van der Waals surface area contributed by atoms with Gasteiger partial charge in [0.1, 0.15) is 23.0 Å². The Kier molecular flexibility index (Phi) is 23.5. The van der Waals surface area contributed by atoms with E-state index in [1.807, 2.05) is 0 Å². The number of nitrogens with one attached hydrogen (secondary N) is 3. The zero-order chi connectivity index (χ0) is 40.6. The van der Waals surface area contributed by atoms with E-state index in [2.05, 4.69) is 110 Å². The molecule has 6 aromatic rings. The number of alkyl halides is 6. The van der Waals surface area contributed by atoms with Crippen LogP contribution >= 0.6 is 98.4 Å². The number of carboxylic acids is 1. The van der Waals surface area contributed by atoms with E-state index in [-0.39, 0.29) is 42.0 Å². The molecule has 0 aliphatic rings. The summed E-state index contributed by atoms with van der Waals surface area (Å²) in [7, 11) is 0. The zero-order valence-electron chi connectivity index (χ0n) is 28.0. The maximum absolute atomic E-state index is 12.7. The third-order valence-corrected chi connectivity index (χ3v) is 6.74. The molecule has 1 amide bonds. The Bertz CT molecular complexity index is 2100. The van der Waals surface area contributed by atoms with E-state index in [0.29, 0.717) is 64.4 Å². The van der Waals surface area contributed by atoms with Crippen molar-refractivity contribution in [2.24, 2.45) is 5.73 Å². The van der Waals surface area contributed by atoms with E-state index in [9.17, 15) is 35.9 Å². The molecule has 0 fully saturated rings. The first-order chi connectivity index (χ1) is 25.4. The SMILES string of the molecule is Cc1ncc(C(=O)NCc2ccc3[nH]c(C(F)(F)F)cc3c2)cn1.Cc1ncc(C(=O)O)cn1.I.II.I[I-]I.NCc1ccc2[nH]c(C(F)(F)F)cc2c1. The van der Waals surface area contributed by atoms with Crippen LogP contribution in [0.3, 0.4) is 0 Å². The number of hydrogen-bond donors (Lipinski definition) is 5. The predicted octanol–water partition coefficient (Wildman–Crippen LogP) is 7.51.